The van der Waals surface area contributed by atoms with Gasteiger partial charge in [-0.2, -0.15) is 0 Å². The highest BCUT2D eigenvalue weighted by molar-refractivity contribution is 9.14. The van der Waals surface area contributed by atoms with Gasteiger partial charge < -0.3 is 9.47 Å². The van der Waals surface area contributed by atoms with Gasteiger partial charge in [0.05, 0.1) is 12.2 Å². The molecule has 1 fully saturated rings. The molecule has 2 aliphatic heterocycles. The van der Waals surface area contributed by atoms with Crippen LogP contribution in [0, 0.1) is 0 Å². The summed E-state index contributed by atoms with van der Waals surface area (Å²) in [5.74, 6) is 0.0976. The van der Waals surface area contributed by atoms with E-state index in [1.54, 1.807) is 0 Å². The Morgan fingerprint density at radius 2 is 1.95 bits per heavy atom. The van der Waals surface area contributed by atoms with Gasteiger partial charge in [-0.25, -0.2) is 0 Å². The number of ketones is 1. The zero-order valence-electron chi connectivity index (χ0n) is 10.9. The standard InChI is InChI=1S/C15H14Br2O3/c1-8(9-5-3-2-4-6-9)19-14-10(18)7-11-12(16)13(17)15(14)20-11/h2-6,8,11,14-15H,7H2,1H3/t8-,11+,14+,15+/m1/s1. The Hall–Kier alpha value is -0.490. The number of hydrogen-bond acceptors (Lipinski definition) is 3. The average molecular weight is 402 g/mol. The lowest BCUT2D eigenvalue weighted by atomic mass is 10.0. The first kappa shape index (κ1) is 14.4. The predicted octanol–water partition coefficient (Wildman–Crippen LogP) is 3.87. The minimum Gasteiger partial charge on any atom is -0.361 e. The lowest BCUT2D eigenvalue weighted by molar-refractivity contribution is -0.158. The topological polar surface area (TPSA) is 35.5 Å². The summed E-state index contributed by atoms with van der Waals surface area (Å²) in [7, 11) is 0. The van der Waals surface area contributed by atoms with Crippen molar-refractivity contribution in [3.05, 3.63) is 44.9 Å². The van der Waals surface area contributed by atoms with Gasteiger partial charge in [-0.05, 0) is 12.5 Å². The minimum atomic E-state index is -0.550. The molecular formula is C15H14Br2O3. The van der Waals surface area contributed by atoms with Crippen LogP contribution in [0.15, 0.2) is 39.3 Å². The number of carbonyl (C=O) groups excluding carboxylic acids is 1. The molecule has 106 valence electrons. The van der Waals surface area contributed by atoms with Crippen LogP contribution in [0.5, 0.6) is 0 Å². The smallest absolute Gasteiger partial charge is 0.167 e. The zero-order chi connectivity index (χ0) is 14.3. The molecule has 2 heterocycles. The van der Waals surface area contributed by atoms with Gasteiger partial charge in [0.1, 0.15) is 12.2 Å². The van der Waals surface area contributed by atoms with E-state index in [-0.39, 0.29) is 24.1 Å². The molecule has 1 aromatic carbocycles. The molecule has 1 aromatic rings. The van der Waals surface area contributed by atoms with Gasteiger partial charge in [0.15, 0.2) is 5.78 Å². The molecule has 1 saturated heterocycles. The number of carbonyl (C=O) groups is 1. The summed E-state index contributed by atoms with van der Waals surface area (Å²) in [5, 5.41) is 0. The van der Waals surface area contributed by atoms with Gasteiger partial charge >= 0.3 is 0 Å². The Balaban J connectivity index is 1.78. The second-order valence-corrected chi connectivity index (χ2v) is 6.73. The molecule has 0 saturated carbocycles. The number of fused-ring (bicyclic) bond motifs is 2. The fourth-order valence-corrected chi connectivity index (χ4v) is 3.66. The van der Waals surface area contributed by atoms with E-state index in [2.05, 4.69) is 31.9 Å². The summed E-state index contributed by atoms with van der Waals surface area (Å²) in [5.41, 5.74) is 1.06. The van der Waals surface area contributed by atoms with Gasteiger partial charge in [0.25, 0.3) is 0 Å². The van der Waals surface area contributed by atoms with Crippen molar-refractivity contribution in [3.63, 3.8) is 0 Å². The van der Waals surface area contributed by atoms with E-state index in [1.807, 2.05) is 37.3 Å². The number of ether oxygens (including phenoxy) is 2. The molecule has 2 aliphatic rings. The minimum absolute atomic E-state index is 0.0976. The molecule has 20 heavy (non-hydrogen) atoms. The van der Waals surface area contributed by atoms with Crippen LogP contribution in [-0.2, 0) is 14.3 Å². The Morgan fingerprint density at radius 1 is 1.25 bits per heavy atom. The number of benzene rings is 1. The predicted molar refractivity (Wildman–Crippen MR) is 82.9 cm³/mol. The highest BCUT2D eigenvalue weighted by Crippen LogP contribution is 2.43. The number of halogens is 2. The third kappa shape index (κ3) is 2.52. The van der Waals surface area contributed by atoms with Crippen LogP contribution in [0.2, 0.25) is 0 Å². The van der Waals surface area contributed by atoms with Crippen LogP contribution >= 0.6 is 31.9 Å². The van der Waals surface area contributed by atoms with Gasteiger partial charge in [0.2, 0.25) is 0 Å². The van der Waals surface area contributed by atoms with E-state index in [1.165, 1.54) is 0 Å². The highest BCUT2D eigenvalue weighted by atomic mass is 79.9. The Bertz CT molecular complexity index is 555. The Kier molecular flexibility index (Phi) is 4.13. The van der Waals surface area contributed by atoms with Crippen molar-refractivity contribution in [2.24, 2.45) is 0 Å². The monoisotopic (exact) mass is 400 g/mol. The number of rotatable bonds is 3. The van der Waals surface area contributed by atoms with Crippen molar-refractivity contribution in [2.45, 2.75) is 37.8 Å². The molecule has 0 aromatic heterocycles. The first-order valence-corrected chi connectivity index (χ1v) is 8.10. The molecular weight excluding hydrogens is 388 g/mol. The van der Waals surface area contributed by atoms with Crippen molar-refractivity contribution in [2.75, 3.05) is 0 Å². The maximum absolute atomic E-state index is 12.2. The molecule has 0 aliphatic carbocycles. The van der Waals surface area contributed by atoms with Crippen molar-refractivity contribution in [3.8, 4) is 0 Å². The summed E-state index contributed by atoms with van der Waals surface area (Å²) in [6.07, 6.45) is -0.829. The van der Waals surface area contributed by atoms with Crippen LogP contribution in [0.1, 0.15) is 25.0 Å². The van der Waals surface area contributed by atoms with E-state index in [0.29, 0.717) is 6.42 Å². The summed E-state index contributed by atoms with van der Waals surface area (Å²) in [6, 6.07) is 9.88. The molecule has 0 N–H and O–H groups in total. The van der Waals surface area contributed by atoms with Gasteiger partial charge in [-0.3, -0.25) is 4.79 Å². The SMILES string of the molecule is C[C@@H](O[C@H]1C(=O)C[C@@H]2O[C@H]1C(Br)=C2Br)c1ccccc1. The maximum atomic E-state index is 12.2. The third-order valence-corrected chi connectivity index (χ3v) is 6.02. The molecule has 3 nitrogen and oxygen atoms in total. The van der Waals surface area contributed by atoms with Crippen LogP contribution in [0.4, 0.5) is 0 Å². The van der Waals surface area contributed by atoms with Crippen molar-refractivity contribution >= 4 is 37.6 Å². The van der Waals surface area contributed by atoms with Crippen molar-refractivity contribution in [1.82, 2.24) is 0 Å². The lowest BCUT2D eigenvalue weighted by Crippen LogP contribution is -2.43. The van der Waals surface area contributed by atoms with Crippen LogP contribution < -0.4 is 0 Å². The van der Waals surface area contributed by atoms with E-state index < -0.39 is 6.10 Å². The summed E-state index contributed by atoms with van der Waals surface area (Å²) in [6.45, 7) is 1.95. The van der Waals surface area contributed by atoms with E-state index in [4.69, 9.17) is 9.47 Å². The fourth-order valence-electron chi connectivity index (χ4n) is 2.57. The van der Waals surface area contributed by atoms with E-state index in [9.17, 15) is 4.79 Å². The highest BCUT2D eigenvalue weighted by Gasteiger charge is 2.47. The summed E-state index contributed by atoms with van der Waals surface area (Å²) >= 11 is 6.98. The van der Waals surface area contributed by atoms with Crippen molar-refractivity contribution in [1.29, 1.82) is 0 Å². The van der Waals surface area contributed by atoms with Crippen LogP contribution in [0.3, 0.4) is 0 Å². The van der Waals surface area contributed by atoms with E-state index in [0.717, 1.165) is 14.5 Å². The third-order valence-electron chi connectivity index (χ3n) is 3.67. The van der Waals surface area contributed by atoms with E-state index >= 15 is 0 Å². The normalized spacial score (nSPS) is 30.8. The fraction of sp³-hybridized carbons (Fsp3) is 0.400. The average Bonchev–Trinajstić information content (AvgIpc) is 2.70. The molecule has 3 rings (SSSR count). The Labute approximate surface area is 134 Å². The molecule has 2 bridgehead atoms. The maximum Gasteiger partial charge on any atom is 0.167 e. The molecule has 0 amide bonds. The van der Waals surface area contributed by atoms with Crippen LogP contribution in [0.25, 0.3) is 0 Å². The largest absolute Gasteiger partial charge is 0.361 e. The first-order chi connectivity index (χ1) is 9.58. The van der Waals surface area contributed by atoms with Gasteiger partial charge in [-0.1, -0.05) is 62.2 Å². The second-order valence-electron chi connectivity index (χ2n) is 5.02. The molecule has 0 spiro atoms. The van der Waals surface area contributed by atoms with Crippen LogP contribution in [-0.4, -0.2) is 24.1 Å². The zero-order valence-corrected chi connectivity index (χ0v) is 14.1. The number of hydrogen-bond donors (Lipinski definition) is 0. The quantitative estimate of drug-likeness (QED) is 0.771. The molecule has 4 atom stereocenters. The lowest BCUT2D eigenvalue weighted by Gasteiger charge is -2.31. The molecule has 0 unspecified atom stereocenters. The van der Waals surface area contributed by atoms with Gasteiger partial charge in [0, 0.05) is 15.4 Å². The van der Waals surface area contributed by atoms with Crippen molar-refractivity contribution < 1.29 is 14.3 Å². The number of Topliss-reactive ketones (excluding diaryl/α,β-unsaturated/α-hetero) is 1. The summed E-state index contributed by atoms with van der Waals surface area (Å²) in [4.78, 5) is 12.2. The molecule has 0 radical (unpaired) electrons. The molecule has 5 heteroatoms. The first-order valence-electron chi connectivity index (χ1n) is 6.51. The Morgan fingerprint density at radius 3 is 2.65 bits per heavy atom. The van der Waals surface area contributed by atoms with Gasteiger partial charge in [-0.15, -0.1) is 0 Å². The second kappa shape index (κ2) is 5.72. The summed E-state index contributed by atoms with van der Waals surface area (Å²) < 4.78 is 13.6.